The minimum Gasteiger partial charge on any atom is -0.507 e. The highest BCUT2D eigenvalue weighted by Gasteiger charge is 2.35. The average Bonchev–Trinajstić information content (AvgIpc) is 2.74. The van der Waals surface area contributed by atoms with E-state index in [0.717, 1.165) is 26.1 Å². The lowest BCUT2D eigenvalue weighted by Gasteiger charge is -2.21. The minimum atomic E-state index is -0.547. The summed E-state index contributed by atoms with van der Waals surface area (Å²) in [5.74, 6) is -2.26. The van der Waals surface area contributed by atoms with E-state index in [-0.39, 0.29) is 52.6 Å². The summed E-state index contributed by atoms with van der Waals surface area (Å²) in [6.45, 7) is 7.41. The van der Waals surface area contributed by atoms with Crippen molar-refractivity contribution in [2.24, 2.45) is 0 Å². The SMILES string of the molecule is CCN(CC)CCCNC(=O)Cc1cc(O)c2c(c1O)C(=O)c1ccccc1C2=O.Cl. The molecule has 0 aromatic heterocycles. The van der Waals surface area contributed by atoms with Crippen molar-refractivity contribution in [3.05, 3.63) is 58.1 Å². The van der Waals surface area contributed by atoms with E-state index in [0.29, 0.717) is 6.54 Å². The summed E-state index contributed by atoms with van der Waals surface area (Å²) in [4.78, 5) is 40.2. The Morgan fingerprint density at radius 2 is 1.58 bits per heavy atom. The van der Waals surface area contributed by atoms with Gasteiger partial charge < -0.3 is 20.4 Å². The maximum atomic E-state index is 12.9. The number of carbonyl (C=O) groups is 3. The number of aromatic hydroxyl groups is 2. The zero-order chi connectivity index (χ0) is 21.8. The summed E-state index contributed by atoms with van der Waals surface area (Å²) in [7, 11) is 0. The van der Waals surface area contributed by atoms with Gasteiger partial charge in [-0.05, 0) is 32.1 Å². The number of ketones is 2. The first-order chi connectivity index (χ1) is 14.4. The van der Waals surface area contributed by atoms with Crippen LogP contribution in [0.1, 0.15) is 57.7 Å². The van der Waals surface area contributed by atoms with Crippen LogP contribution in [-0.2, 0) is 11.2 Å². The van der Waals surface area contributed by atoms with E-state index in [1.54, 1.807) is 12.1 Å². The molecule has 2 aromatic rings. The van der Waals surface area contributed by atoms with Gasteiger partial charge in [-0.15, -0.1) is 12.4 Å². The number of rotatable bonds is 8. The molecular weight excluding hydrogens is 420 g/mol. The number of hydrogen-bond donors (Lipinski definition) is 3. The number of carbonyl (C=O) groups excluding carboxylic acids is 3. The van der Waals surface area contributed by atoms with Gasteiger partial charge in [-0.1, -0.05) is 38.1 Å². The predicted octanol–water partition coefficient (Wildman–Crippen LogP) is 2.69. The number of phenolic OH excluding ortho intramolecular Hbond substituents is 2. The van der Waals surface area contributed by atoms with Crippen molar-refractivity contribution in [1.29, 1.82) is 0 Å². The van der Waals surface area contributed by atoms with Gasteiger partial charge in [0, 0.05) is 23.2 Å². The number of benzene rings is 2. The van der Waals surface area contributed by atoms with E-state index in [4.69, 9.17) is 0 Å². The van der Waals surface area contributed by atoms with E-state index in [9.17, 15) is 24.6 Å². The fraction of sp³-hybridized carbons (Fsp3) is 0.348. The monoisotopic (exact) mass is 446 g/mol. The number of hydrogen-bond acceptors (Lipinski definition) is 6. The number of nitrogens with zero attached hydrogens (tertiary/aromatic N) is 1. The third-order valence-corrected chi connectivity index (χ3v) is 5.45. The van der Waals surface area contributed by atoms with Crippen LogP contribution < -0.4 is 5.32 Å². The second kappa shape index (κ2) is 10.4. The Balaban J connectivity index is 0.00000341. The fourth-order valence-corrected chi connectivity index (χ4v) is 3.75. The van der Waals surface area contributed by atoms with Gasteiger partial charge in [-0.3, -0.25) is 14.4 Å². The van der Waals surface area contributed by atoms with Crippen LogP contribution >= 0.6 is 12.4 Å². The Morgan fingerprint density at radius 1 is 1.00 bits per heavy atom. The summed E-state index contributed by atoms with van der Waals surface area (Å²) in [5, 5.41) is 23.8. The topological polar surface area (TPSA) is 107 Å². The van der Waals surface area contributed by atoms with Gasteiger partial charge >= 0.3 is 0 Å². The lowest BCUT2D eigenvalue weighted by Crippen LogP contribution is -2.30. The van der Waals surface area contributed by atoms with Gasteiger partial charge in [0.2, 0.25) is 5.91 Å². The molecule has 8 heteroatoms. The minimum absolute atomic E-state index is 0. The molecule has 166 valence electrons. The number of amides is 1. The molecule has 7 nitrogen and oxygen atoms in total. The Hall–Kier alpha value is -2.90. The van der Waals surface area contributed by atoms with Crippen molar-refractivity contribution in [2.75, 3.05) is 26.2 Å². The third kappa shape index (κ3) is 4.89. The molecule has 0 atom stereocenters. The van der Waals surface area contributed by atoms with Gasteiger partial charge in [0.25, 0.3) is 0 Å². The van der Waals surface area contributed by atoms with Gasteiger partial charge in [0.15, 0.2) is 11.6 Å². The molecule has 31 heavy (non-hydrogen) atoms. The van der Waals surface area contributed by atoms with E-state index >= 15 is 0 Å². The lowest BCUT2D eigenvalue weighted by molar-refractivity contribution is -0.120. The molecule has 0 heterocycles. The predicted molar refractivity (Wildman–Crippen MR) is 119 cm³/mol. The highest BCUT2D eigenvalue weighted by molar-refractivity contribution is 6.30. The molecule has 0 fully saturated rings. The number of fused-ring (bicyclic) bond motifs is 2. The number of phenols is 2. The molecule has 2 aromatic carbocycles. The molecule has 0 spiro atoms. The molecule has 0 bridgehead atoms. The first-order valence-electron chi connectivity index (χ1n) is 10.1. The van der Waals surface area contributed by atoms with Crippen LogP contribution in [-0.4, -0.2) is 58.8 Å². The van der Waals surface area contributed by atoms with Crippen molar-refractivity contribution in [1.82, 2.24) is 10.2 Å². The van der Waals surface area contributed by atoms with Crippen molar-refractivity contribution in [2.45, 2.75) is 26.7 Å². The molecule has 1 amide bonds. The van der Waals surface area contributed by atoms with Crippen LogP contribution in [0.5, 0.6) is 11.5 Å². The molecule has 0 saturated carbocycles. The Bertz CT molecular complexity index is 1000. The van der Waals surface area contributed by atoms with Crippen LogP contribution in [0.25, 0.3) is 0 Å². The molecule has 1 aliphatic carbocycles. The standard InChI is InChI=1S/C23H26N2O5.ClH/c1-3-25(4-2)11-7-10-24-18(27)13-14-12-17(26)19-20(21(14)28)23(30)16-9-6-5-8-15(16)22(19)29;/h5-6,8-9,12,26,28H,3-4,7,10-11,13H2,1-2H3,(H,24,27);1H. The zero-order valence-electron chi connectivity index (χ0n) is 17.6. The average molecular weight is 447 g/mol. The normalized spacial score (nSPS) is 12.2. The summed E-state index contributed by atoms with van der Waals surface area (Å²) >= 11 is 0. The summed E-state index contributed by atoms with van der Waals surface area (Å²) in [6.07, 6.45) is 0.583. The van der Waals surface area contributed by atoms with E-state index in [1.807, 2.05) is 0 Å². The Morgan fingerprint density at radius 3 is 2.16 bits per heavy atom. The van der Waals surface area contributed by atoms with Gasteiger partial charge in [-0.25, -0.2) is 0 Å². The molecule has 1 aliphatic rings. The van der Waals surface area contributed by atoms with Crippen LogP contribution in [0, 0.1) is 0 Å². The highest BCUT2D eigenvalue weighted by atomic mass is 35.5. The second-order valence-corrected chi connectivity index (χ2v) is 7.26. The number of halogens is 1. The van der Waals surface area contributed by atoms with Crippen molar-refractivity contribution >= 4 is 29.9 Å². The number of nitrogens with one attached hydrogen (secondary N) is 1. The van der Waals surface area contributed by atoms with Crippen LogP contribution in [0.3, 0.4) is 0 Å². The lowest BCUT2D eigenvalue weighted by atomic mass is 9.82. The van der Waals surface area contributed by atoms with E-state index in [2.05, 4.69) is 24.1 Å². The van der Waals surface area contributed by atoms with E-state index < -0.39 is 23.1 Å². The first-order valence-corrected chi connectivity index (χ1v) is 10.1. The molecule has 0 unspecified atom stereocenters. The Labute approximate surface area is 187 Å². The molecule has 0 aliphatic heterocycles. The van der Waals surface area contributed by atoms with Crippen molar-refractivity contribution in [3.63, 3.8) is 0 Å². The van der Waals surface area contributed by atoms with Crippen molar-refractivity contribution < 1.29 is 24.6 Å². The maximum Gasteiger partial charge on any atom is 0.224 e. The summed E-state index contributed by atoms with van der Waals surface area (Å²) in [6, 6.07) is 7.45. The first kappa shape index (κ1) is 24.4. The molecule has 0 radical (unpaired) electrons. The fourth-order valence-electron chi connectivity index (χ4n) is 3.75. The largest absolute Gasteiger partial charge is 0.507 e. The second-order valence-electron chi connectivity index (χ2n) is 7.26. The smallest absolute Gasteiger partial charge is 0.224 e. The van der Waals surface area contributed by atoms with Crippen LogP contribution in [0.2, 0.25) is 0 Å². The molecule has 3 rings (SSSR count). The third-order valence-electron chi connectivity index (χ3n) is 5.45. The van der Waals surface area contributed by atoms with Crippen molar-refractivity contribution in [3.8, 4) is 11.5 Å². The Kier molecular flexibility index (Phi) is 8.19. The van der Waals surface area contributed by atoms with Crippen LogP contribution in [0.15, 0.2) is 30.3 Å². The molecule has 3 N–H and O–H groups in total. The quantitative estimate of drug-likeness (QED) is 0.363. The molecule has 0 saturated heterocycles. The van der Waals surface area contributed by atoms with Gasteiger partial charge in [0.05, 0.1) is 17.5 Å². The maximum absolute atomic E-state index is 12.9. The van der Waals surface area contributed by atoms with Gasteiger partial charge in [0.1, 0.15) is 11.5 Å². The zero-order valence-corrected chi connectivity index (χ0v) is 18.4. The highest BCUT2D eigenvalue weighted by Crippen LogP contribution is 2.40. The summed E-state index contributed by atoms with van der Waals surface area (Å²) < 4.78 is 0. The molecular formula is C23H27ClN2O5. The summed E-state index contributed by atoms with van der Waals surface area (Å²) in [5.41, 5.74) is -0.0123. The van der Waals surface area contributed by atoms with Crippen LogP contribution in [0.4, 0.5) is 0 Å². The van der Waals surface area contributed by atoms with Gasteiger partial charge in [-0.2, -0.15) is 0 Å². The van der Waals surface area contributed by atoms with E-state index in [1.165, 1.54) is 18.2 Å².